The number of hydrogen-bond donors (Lipinski definition) is 1. The van der Waals surface area contributed by atoms with Crippen LogP contribution in [0.25, 0.3) is 0 Å². The van der Waals surface area contributed by atoms with E-state index >= 15 is 0 Å². The summed E-state index contributed by atoms with van der Waals surface area (Å²) in [6.07, 6.45) is 1.05. The highest BCUT2D eigenvalue weighted by Gasteiger charge is 1.97. The second-order valence-electron chi connectivity index (χ2n) is 3.47. The predicted octanol–water partition coefficient (Wildman–Crippen LogP) is 1.77. The van der Waals surface area contributed by atoms with Crippen molar-refractivity contribution in [1.82, 2.24) is 4.90 Å². The van der Waals surface area contributed by atoms with Gasteiger partial charge < -0.3 is 10.6 Å². The van der Waals surface area contributed by atoms with Crippen LogP contribution in [0.1, 0.15) is 5.56 Å². The molecule has 0 saturated carbocycles. The quantitative estimate of drug-likeness (QED) is 0.806. The number of benzene rings is 1. The fourth-order valence-electron chi connectivity index (χ4n) is 1.30. The molecule has 3 heteroatoms. The normalized spacial score (nSPS) is 10.9. The summed E-state index contributed by atoms with van der Waals surface area (Å²) in [6.45, 7) is 2.71. The zero-order chi connectivity index (χ0) is 10.4. The van der Waals surface area contributed by atoms with Gasteiger partial charge in [-0.2, -0.15) is 0 Å². The molecule has 0 fully saturated rings. The maximum Gasteiger partial charge on any atom is 0.0406 e. The largest absolute Gasteiger partial charge is 0.329 e. The van der Waals surface area contributed by atoms with Gasteiger partial charge in [0.2, 0.25) is 0 Å². The van der Waals surface area contributed by atoms with Crippen molar-refractivity contribution in [1.29, 1.82) is 0 Å². The van der Waals surface area contributed by atoms with Crippen molar-refractivity contribution in [3.63, 3.8) is 0 Å². The van der Waals surface area contributed by atoms with Crippen molar-refractivity contribution in [2.75, 3.05) is 26.7 Å². The Balaban J connectivity index is 2.34. The molecule has 0 aliphatic carbocycles. The summed E-state index contributed by atoms with van der Waals surface area (Å²) in [6, 6.07) is 8.00. The number of nitrogens with zero attached hydrogens (tertiary/aromatic N) is 1. The lowest BCUT2D eigenvalue weighted by molar-refractivity contribution is 0.348. The molecular formula is C11H17ClN2. The second kappa shape index (κ2) is 6.02. The summed E-state index contributed by atoms with van der Waals surface area (Å²) in [5, 5.41) is 0.795. The van der Waals surface area contributed by atoms with Gasteiger partial charge in [0.1, 0.15) is 0 Å². The number of halogens is 1. The van der Waals surface area contributed by atoms with Crippen molar-refractivity contribution in [3.05, 3.63) is 34.9 Å². The van der Waals surface area contributed by atoms with E-state index in [4.69, 9.17) is 17.3 Å². The molecule has 0 spiro atoms. The van der Waals surface area contributed by atoms with Crippen LogP contribution in [0.15, 0.2) is 24.3 Å². The van der Waals surface area contributed by atoms with Crippen LogP contribution in [0.4, 0.5) is 0 Å². The first-order valence-corrected chi connectivity index (χ1v) is 5.23. The van der Waals surface area contributed by atoms with Crippen LogP contribution in [0.3, 0.4) is 0 Å². The molecule has 0 atom stereocenters. The van der Waals surface area contributed by atoms with E-state index in [0.717, 1.165) is 31.1 Å². The highest BCUT2D eigenvalue weighted by molar-refractivity contribution is 6.30. The zero-order valence-corrected chi connectivity index (χ0v) is 9.30. The Kier molecular flexibility index (Phi) is 4.94. The molecule has 0 unspecified atom stereocenters. The predicted molar refractivity (Wildman–Crippen MR) is 61.7 cm³/mol. The minimum Gasteiger partial charge on any atom is -0.329 e. The Morgan fingerprint density at radius 2 is 1.86 bits per heavy atom. The van der Waals surface area contributed by atoms with Gasteiger partial charge in [-0.3, -0.25) is 0 Å². The van der Waals surface area contributed by atoms with Gasteiger partial charge in [0, 0.05) is 24.7 Å². The number of likely N-dealkylation sites (N-methyl/N-ethyl adjacent to an activating group) is 1. The Morgan fingerprint density at radius 1 is 1.21 bits per heavy atom. The molecular weight excluding hydrogens is 196 g/mol. The summed E-state index contributed by atoms with van der Waals surface area (Å²) in [5.41, 5.74) is 6.78. The van der Waals surface area contributed by atoms with E-state index in [2.05, 4.69) is 24.1 Å². The standard InChI is InChI=1S/C11H17ClN2/c1-14(9-7-13)8-6-10-2-4-11(12)5-3-10/h2-5H,6-9,13H2,1H3. The molecule has 0 radical (unpaired) electrons. The first-order chi connectivity index (χ1) is 6.72. The Hall–Kier alpha value is -0.570. The van der Waals surface area contributed by atoms with Gasteiger partial charge in [0.15, 0.2) is 0 Å². The lowest BCUT2D eigenvalue weighted by atomic mass is 10.1. The molecule has 2 nitrogen and oxygen atoms in total. The van der Waals surface area contributed by atoms with Gasteiger partial charge in [-0.15, -0.1) is 0 Å². The minimum absolute atomic E-state index is 0.719. The second-order valence-corrected chi connectivity index (χ2v) is 3.90. The summed E-state index contributed by atoms with van der Waals surface area (Å²) in [4.78, 5) is 2.23. The van der Waals surface area contributed by atoms with Crippen LogP contribution in [0.2, 0.25) is 5.02 Å². The van der Waals surface area contributed by atoms with Gasteiger partial charge in [-0.1, -0.05) is 23.7 Å². The zero-order valence-electron chi connectivity index (χ0n) is 8.54. The topological polar surface area (TPSA) is 29.3 Å². The third-order valence-corrected chi connectivity index (χ3v) is 2.46. The van der Waals surface area contributed by atoms with Crippen LogP contribution in [0, 0.1) is 0 Å². The minimum atomic E-state index is 0.719. The Labute approximate surface area is 90.7 Å². The third kappa shape index (κ3) is 4.09. The fourth-order valence-corrected chi connectivity index (χ4v) is 1.43. The molecule has 0 aromatic heterocycles. The molecule has 2 N–H and O–H groups in total. The molecule has 0 amide bonds. The lowest BCUT2D eigenvalue weighted by Gasteiger charge is -2.14. The van der Waals surface area contributed by atoms with Gasteiger partial charge in [0.05, 0.1) is 0 Å². The van der Waals surface area contributed by atoms with Crippen LogP contribution < -0.4 is 5.73 Å². The summed E-state index contributed by atoms with van der Waals surface area (Å²) in [5.74, 6) is 0. The first-order valence-electron chi connectivity index (χ1n) is 4.85. The van der Waals surface area contributed by atoms with Crippen molar-refractivity contribution in [3.8, 4) is 0 Å². The summed E-state index contributed by atoms with van der Waals surface area (Å²) >= 11 is 5.80. The number of nitrogens with two attached hydrogens (primary N) is 1. The summed E-state index contributed by atoms with van der Waals surface area (Å²) in [7, 11) is 2.09. The number of hydrogen-bond acceptors (Lipinski definition) is 2. The van der Waals surface area contributed by atoms with E-state index < -0.39 is 0 Å². The van der Waals surface area contributed by atoms with E-state index in [-0.39, 0.29) is 0 Å². The van der Waals surface area contributed by atoms with Gasteiger partial charge in [-0.05, 0) is 31.2 Å². The van der Waals surface area contributed by atoms with E-state index in [1.54, 1.807) is 0 Å². The molecule has 0 heterocycles. The van der Waals surface area contributed by atoms with E-state index in [0.29, 0.717) is 0 Å². The van der Waals surface area contributed by atoms with Crippen molar-refractivity contribution < 1.29 is 0 Å². The maximum atomic E-state index is 5.80. The Morgan fingerprint density at radius 3 is 2.43 bits per heavy atom. The van der Waals surface area contributed by atoms with Crippen LogP contribution in [0.5, 0.6) is 0 Å². The van der Waals surface area contributed by atoms with Crippen LogP contribution in [-0.2, 0) is 6.42 Å². The number of rotatable bonds is 5. The molecule has 1 rings (SSSR count). The molecule has 0 aliphatic rings. The SMILES string of the molecule is CN(CCN)CCc1ccc(Cl)cc1. The first kappa shape index (κ1) is 11.5. The van der Waals surface area contributed by atoms with E-state index in [9.17, 15) is 0 Å². The van der Waals surface area contributed by atoms with Crippen LogP contribution >= 0.6 is 11.6 Å². The molecule has 14 heavy (non-hydrogen) atoms. The molecule has 0 aliphatic heterocycles. The van der Waals surface area contributed by atoms with Crippen molar-refractivity contribution in [2.45, 2.75) is 6.42 Å². The monoisotopic (exact) mass is 212 g/mol. The third-order valence-electron chi connectivity index (χ3n) is 2.21. The smallest absolute Gasteiger partial charge is 0.0406 e. The van der Waals surface area contributed by atoms with Gasteiger partial charge in [0.25, 0.3) is 0 Å². The molecule has 78 valence electrons. The van der Waals surface area contributed by atoms with Crippen molar-refractivity contribution in [2.24, 2.45) is 5.73 Å². The van der Waals surface area contributed by atoms with Gasteiger partial charge in [-0.25, -0.2) is 0 Å². The van der Waals surface area contributed by atoms with Gasteiger partial charge >= 0.3 is 0 Å². The average Bonchev–Trinajstić information content (AvgIpc) is 2.17. The lowest BCUT2D eigenvalue weighted by Crippen LogP contribution is -2.27. The highest BCUT2D eigenvalue weighted by atomic mass is 35.5. The molecule has 0 saturated heterocycles. The van der Waals surface area contributed by atoms with Crippen LogP contribution in [-0.4, -0.2) is 31.6 Å². The average molecular weight is 213 g/mol. The maximum absolute atomic E-state index is 5.80. The highest BCUT2D eigenvalue weighted by Crippen LogP contribution is 2.09. The van der Waals surface area contributed by atoms with E-state index in [1.807, 2.05) is 12.1 Å². The molecule has 1 aromatic rings. The Bertz CT molecular complexity index is 258. The summed E-state index contributed by atoms with van der Waals surface area (Å²) < 4.78 is 0. The molecule has 1 aromatic carbocycles. The van der Waals surface area contributed by atoms with Crippen molar-refractivity contribution >= 4 is 11.6 Å². The van der Waals surface area contributed by atoms with E-state index in [1.165, 1.54) is 5.56 Å². The molecule has 0 bridgehead atoms. The fraction of sp³-hybridized carbons (Fsp3) is 0.455.